The van der Waals surface area contributed by atoms with Crippen molar-refractivity contribution in [3.05, 3.63) is 16.3 Å². The first kappa shape index (κ1) is 13.9. The first-order valence-electron chi connectivity index (χ1n) is 6.28. The zero-order chi connectivity index (χ0) is 13.8. The quantitative estimate of drug-likeness (QED) is 0.918. The molecule has 1 aromatic heterocycles. The van der Waals surface area contributed by atoms with E-state index in [2.05, 4.69) is 6.92 Å². The molecule has 1 aliphatic rings. The number of piperidine rings is 1. The number of amides is 1. The highest BCUT2D eigenvalue weighted by molar-refractivity contribution is 7.12. The summed E-state index contributed by atoms with van der Waals surface area (Å²) in [6.45, 7) is 3.68. The third-order valence-corrected chi connectivity index (χ3v) is 4.05. The van der Waals surface area contributed by atoms with Gasteiger partial charge in [-0.1, -0.05) is 6.92 Å². The smallest absolute Gasteiger partial charge is 0.346 e. The van der Waals surface area contributed by atoms with E-state index >= 15 is 0 Å². The van der Waals surface area contributed by atoms with Crippen LogP contribution in [0.1, 0.15) is 29.4 Å². The molecule has 5 nitrogen and oxygen atoms in total. The minimum absolute atomic E-state index is 0.0253. The predicted molar refractivity (Wildman–Crippen MR) is 71.8 cm³/mol. The molecule has 6 heteroatoms. The van der Waals surface area contributed by atoms with Crippen molar-refractivity contribution in [3.8, 4) is 5.75 Å². The van der Waals surface area contributed by atoms with Gasteiger partial charge in [-0.05, 0) is 18.8 Å². The van der Waals surface area contributed by atoms with E-state index in [0.717, 1.165) is 37.3 Å². The van der Waals surface area contributed by atoms with E-state index < -0.39 is 5.97 Å². The Hall–Kier alpha value is -1.56. The number of hydrogen-bond acceptors (Lipinski definition) is 4. The molecular formula is C13H17NO4S. The third kappa shape index (κ3) is 3.70. The molecule has 0 bridgehead atoms. The molecule has 1 amide bonds. The largest absolute Gasteiger partial charge is 0.483 e. The Morgan fingerprint density at radius 1 is 1.58 bits per heavy atom. The zero-order valence-electron chi connectivity index (χ0n) is 10.8. The number of carbonyl (C=O) groups excluding carboxylic acids is 1. The summed E-state index contributed by atoms with van der Waals surface area (Å²) in [6, 6.07) is 1.44. The summed E-state index contributed by atoms with van der Waals surface area (Å²) in [5.41, 5.74) is 0. The molecular weight excluding hydrogens is 266 g/mol. The molecule has 2 rings (SSSR count). The molecule has 1 aromatic rings. The zero-order valence-corrected chi connectivity index (χ0v) is 11.6. The number of carbonyl (C=O) groups is 2. The van der Waals surface area contributed by atoms with Gasteiger partial charge in [0.2, 0.25) is 0 Å². The maximum atomic E-state index is 11.9. The van der Waals surface area contributed by atoms with Crippen molar-refractivity contribution in [2.45, 2.75) is 19.8 Å². The van der Waals surface area contributed by atoms with Crippen LogP contribution in [0, 0.1) is 5.92 Å². The highest BCUT2D eigenvalue weighted by Crippen LogP contribution is 2.22. The van der Waals surface area contributed by atoms with Crippen molar-refractivity contribution < 1.29 is 19.4 Å². The lowest BCUT2D eigenvalue weighted by Gasteiger charge is -2.30. The summed E-state index contributed by atoms with van der Waals surface area (Å²) in [7, 11) is 0. The number of likely N-dealkylation sites (tertiary alicyclic amines) is 1. The van der Waals surface area contributed by atoms with Crippen LogP contribution in [0.5, 0.6) is 5.75 Å². The van der Waals surface area contributed by atoms with Crippen LogP contribution in [0.4, 0.5) is 0 Å². The predicted octanol–water partition coefficient (Wildman–Crippen LogP) is 2.08. The van der Waals surface area contributed by atoms with E-state index in [-0.39, 0.29) is 17.4 Å². The average Bonchev–Trinajstić information content (AvgIpc) is 2.85. The minimum Gasteiger partial charge on any atom is -0.483 e. The van der Waals surface area contributed by atoms with E-state index in [0.29, 0.717) is 11.7 Å². The van der Waals surface area contributed by atoms with Crippen LogP contribution < -0.4 is 4.74 Å². The van der Waals surface area contributed by atoms with Crippen molar-refractivity contribution in [1.82, 2.24) is 4.90 Å². The second-order valence-corrected chi connectivity index (χ2v) is 5.74. The summed E-state index contributed by atoms with van der Waals surface area (Å²) < 4.78 is 5.34. The third-order valence-electron chi connectivity index (χ3n) is 3.16. The lowest BCUT2D eigenvalue weighted by atomic mass is 10.0. The highest BCUT2D eigenvalue weighted by Gasteiger charge is 2.21. The van der Waals surface area contributed by atoms with Gasteiger partial charge >= 0.3 is 5.97 Å². The van der Waals surface area contributed by atoms with Crippen LogP contribution in [0.2, 0.25) is 0 Å². The number of hydrogen-bond donors (Lipinski definition) is 1. The Bertz CT molecular complexity index is 471. The second kappa shape index (κ2) is 6.06. The number of carboxylic acid groups (broad SMARTS) is 1. The standard InChI is InChI=1S/C13H17NO4S/c1-9-3-2-4-14(6-9)12(15)7-18-10-5-11(13(16)17)19-8-10/h5,8-9H,2-4,6-7H2,1H3,(H,16,17). The number of carboxylic acids is 1. The molecule has 19 heavy (non-hydrogen) atoms. The van der Waals surface area contributed by atoms with E-state index in [1.54, 1.807) is 5.38 Å². The molecule has 0 spiro atoms. The average molecular weight is 283 g/mol. The monoisotopic (exact) mass is 283 g/mol. The molecule has 1 saturated heterocycles. The van der Waals surface area contributed by atoms with Gasteiger partial charge in [0.1, 0.15) is 10.6 Å². The Labute approximate surface area is 115 Å². The Morgan fingerprint density at radius 3 is 3.00 bits per heavy atom. The molecule has 0 aliphatic carbocycles. The molecule has 1 N–H and O–H groups in total. The second-order valence-electron chi connectivity index (χ2n) is 4.83. The number of ether oxygens (including phenoxy) is 1. The summed E-state index contributed by atoms with van der Waals surface area (Å²) in [5.74, 6) is -0.0241. The Morgan fingerprint density at radius 2 is 2.37 bits per heavy atom. The van der Waals surface area contributed by atoms with Crippen LogP contribution in [0.25, 0.3) is 0 Å². The molecule has 2 heterocycles. The summed E-state index contributed by atoms with van der Waals surface area (Å²) >= 11 is 1.10. The van der Waals surface area contributed by atoms with Gasteiger partial charge in [0.05, 0.1) is 0 Å². The summed E-state index contributed by atoms with van der Waals surface area (Å²) in [6.07, 6.45) is 2.20. The maximum Gasteiger partial charge on any atom is 0.346 e. The SMILES string of the molecule is CC1CCCN(C(=O)COc2csc(C(=O)O)c2)C1. The Balaban J connectivity index is 1.84. The van der Waals surface area contributed by atoms with E-state index in [1.807, 2.05) is 4.90 Å². The normalized spacial score (nSPS) is 19.2. The van der Waals surface area contributed by atoms with Gasteiger partial charge < -0.3 is 14.7 Å². The highest BCUT2D eigenvalue weighted by atomic mass is 32.1. The van der Waals surface area contributed by atoms with E-state index in [1.165, 1.54) is 6.07 Å². The fraction of sp³-hybridized carbons (Fsp3) is 0.538. The van der Waals surface area contributed by atoms with Crippen molar-refractivity contribution >= 4 is 23.2 Å². The summed E-state index contributed by atoms with van der Waals surface area (Å²) in [4.78, 5) is 24.7. The van der Waals surface area contributed by atoms with Crippen LogP contribution in [0.15, 0.2) is 11.4 Å². The first-order valence-corrected chi connectivity index (χ1v) is 7.16. The number of aromatic carboxylic acids is 1. The van der Waals surface area contributed by atoms with E-state index in [4.69, 9.17) is 9.84 Å². The fourth-order valence-corrected chi connectivity index (χ4v) is 2.82. The molecule has 1 aliphatic heterocycles. The van der Waals surface area contributed by atoms with Crippen molar-refractivity contribution in [2.75, 3.05) is 19.7 Å². The van der Waals surface area contributed by atoms with Crippen molar-refractivity contribution in [3.63, 3.8) is 0 Å². The molecule has 0 aromatic carbocycles. The van der Waals surface area contributed by atoms with Gasteiger partial charge in [-0.2, -0.15) is 0 Å². The lowest BCUT2D eigenvalue weighted by molar-refractivity contribution is -0.135. The maximum absolute atomic E-state index is 11.9. The topological polar surface area (TPSA) is 66.8 Å². The minimum atomic E-state index is -0.976. The molecule has 1 fully saturated rings. The number of nitrogens with zero attached hydrogens (tertiary/aromatic N) is 1. The van der Waals surface area contributed by atoms with Gasteiger partial charge in [0, 0.05) is 24.5 Å². The van der Waals surface area contributed by atoms with Gasteiger partial charge in [-0.3, -0.25) is 4.79 Å². The van der Waals surface area contributed by atoms with Crippen LogP contribution >= 0.6 is 11.3 Å². The Kier molecular flexibility index (Phi) is 4.42. The van der Waals surface area contributed by atoms with Crippen LogP contribution in [-0.2, 0) is 4.79 Å². The number of thiophene rings is 1. The van der Waals surface area contributed by atoms with Gasteiger partial charge in [-0.15, -0.1) is 11.3 Å². The molecule has 1 atom stereocenters. The molecule has 1 unspecified atom stereocenters. The van der Waals surface area contributed by atoms with Crippen molar-refractivity contribution in [1.29, 1.82) is 0 Å². The fourth-order valence-electron chi connectivity index (χ4n) is 2.16. The van der Waals surface area contributed by atoms with E-state index in [9.17, 15) is 9.59 Å². The van der Waals surface area contributed by atoms with Crippen LogP contribution in [-0.4, -0.2) is 41.6 Å². The molecule has 104 valence electrons. The number of rotatable bonds is 4. The van der Waals surface area contributed by atoms with Crippen LogP contribution in [0.3, 0.4) is 0 Å². The lowest BCUT2D eigenvalue weighted by Crippen LogP contribution is -2.41. The van der Waals surface area contributed by atoms with Gasteiger partial charge in [0.25, 0.3) is 5.91 Å². The first-order chi connectivity index (χ1) is 9.06. The molecule has 0 saturated carbocycles. The molecule has 0 radical (unpaired) electrons. The summed E-state index contributed by atoms with van der Waals surface area (Å²) in [5, 5.41) is 10.4. The van der Waals surface area contributed by atoms with Gasteiger partial charge in [0.15, 0.2) is 6.61 Å². The van der Waals surface area contributed by atoms with Crippen molar-refractivity contribution in [2.24, 2.45) is 5.92 Å². The van der Waals surface area contributed by atoms with Gasteiger partial charge in [-0.25, -0.2) is 4.79 Å².